The number of carbonyl (C=O) groups is 1. The van der Waals surface area contributed by atoms with Crippen molar-refractivity contribution in [3.05, 3.63) is 0 Å². The molecule has 1 saturated carbocycles. The van der Waals surface area contributed by atoms with Crippen LogP contribution < -0.4 is 5.32 Å². The molecule has 1 N–H and O–H groups in total. The summed E-state index contributed by atoms with van der Waals surface area (Å²) < 4.78 is 0. The van der Waals surface area contributed by atoms with Gasteiger partial charge in [0.15, 0.2) is 0 Å². The summed E-state index contributed by atoms with van der Waals surface area (Å²) in [5, 5.41) is 3.56. The fraction of sp³-hybridized carbons (Fsp3) is 0.933. The van der Waals surface area contributed by atoms with E-state index in [0.29, 0.717) is 17.9 Å². The Balaban J connectivity index is 0.00000133. The molecular weight excluding hydrogens is 260 g/mol. The SMILES string of the molecule is Cl.O=C(CC1CCCCC1)N1CCC2NCCC2C1. The summed E-state index contributed by atoms with van der Waals surface area (Å²) in [5.74, 6) is 1.85. The molecule has 0 aromatic heterocycles. The van der Waals surface area contributed by atoms with Crippen LogP contribution in [0.5, 0.6) is 0 Å². The highest BCUT2D eigenvalue weighted by Crippen LogP contribution is 2.29. The number of fused-ring (bicyclic) bond motifs is 1. The third kappa shape index (κ3) is 3.63. The highest BCUT2D eigenvalue weighted by molar-refractivity contribution is 5.85. The minimum Gasteiger partial charge on any atom is -0.342 e. The zero-order valence-corrected chi connectivity index (χ0v) is 12.6. The monoisotopic (exact) mass is 286 g/mol. The lowest BCUT2D eigenvalue weighted by Crippen LogP contribution is -2.47. The number of halogens is 1. The highest BCUT2D eigenvalue weighted by Gasteiger charge is 2.34. The first-order valence-corrected chi connectivity index (χ1v) is 7.84. The van der Waals surface area contributed by atoms with Crippen LogP contribution in [0.3, 0.4) is 0 Å². The number of nitrogens with one attached hydrogen (secondary N) is 1. The molecular formula is C15H27ClN2O. The van der Waals surface area contributed by atoms with E-state index in [1.54, 1.807) is 0 Å². The standard InChI is InChI=1S/C15H26N2O.ClH/c18-15(10-12-4-2-1-3-5-12)17-9-7-14-13(11-17)6-8-16-14;/h12-14,16H,1-11H2;1H. The van der Waals surface area contributed by atoms with Gasteiger partial charge in [-0.3, -0.25) is 4.79 Å². The number of piperidine rings is 1. The number of rotatable bonds is 2. The van der Waals surface area contributed by atoms with Gasteiger partial charge in [-0.05, 0) is 44.1 Å². The van der Waals surface area contributed by atoms with Crippen molar-refractivity contribution < 1.29 is 4.79 Å². The molecule has 2 saturated heterocycles. The fourth-order valence-corrected chi connectivity index (χ4v) is 4.04. The number of hydrogen-bond acceptors (Lipinski definition) is 2. The molecule has 3 fully saturated rings. The van der Waals surface area contributed by atoms with E-state index in [4.69, 9.17) is 0 Å². The van der Waals surface area contributed by atoms with Crippen LogP contribution in [0.25, 0.3) is 0 Å². The second kappa shape index (κ2) is 6.94. The van der Waals surface area contributed by atoms with Gasteiger partial charge in [0.1, 0.15) is 0 Å². The second-order valence-corrected chi connectivity index (χ2v) is 6.45. The number of nitrogens with zero attached hydrogens (tertiary/aromatic N) is 1. The Bertz CT molecular complexity index is 305. The van der Waals surface area contributed by atoms with Gasteiger partial charge in [0.2, 0.25) is 5.91 Å². The first kappa shape index (κ1) is 15.1. The minimum absolute atomic E-state index is 0. The summed E-state index contributed by atoms with van der Waals surface area (Å²) in [6.45, 7) is 3.16. The average molecular weight is 287 g/mol. The molecule has 3 nitrogen and oxygen atoms in total. The van der Waals surface area contributed by atoms with Crippen LogP contribution in [0.15, 0.2) is 0 Å². The molecule has 3 aliphatic rings. The molecule has 2 unspecified atom stereocenters. The Morgan fingerprint density at radius 3 is 2.68 bits per heavy atom. The largest absolute Gasteiger partial charge is 0.342 e. The molecule has 0 bridgehead atoms. The van der Waals surface area contributed by atoms with Crippen molar-refractivity contribution in [3.8, 4) is 0 Å². The van der Waals surface area contributed by atoms with Gasteiger partial charge in [0.25, 0.3) is 0 Å². The molecule has 110 valence electrons. The summed E-state index contributed by atoms with van der Waals surface area (Å²) in [4.78, 5) is 14.5. The predicted molar refractivity (Wildman–Crippen MR) is 79.5 cm³/mol. The fourth-order valence-electron chi connectivity index (χ4n) is 4.04. The lowest BCUT2D eigenvalue weighted by Gasteiger charge is -2.36. The van der Waals surface area contributed by atoms with Gasteiger partial charge in [-0.25, -0.2) is 0 Å². The van der Waals surface area contributed by atoms with Crippen LogP contribution in [-0.2, 0) is 4.79 Å². The van der Waals surface area contributed by atoms with Crippen molar-refractivity contribution in [3.63, 3.8) is 0 Å². The zero-order chi connectivity index (χ0) is 12.4. The predicted octanol–water partition coefficient (Wildman–Crippen LogP) is 2.59. The minimum atomic E-state index is 0. The van der Waals surface area contributed by atoms with E-state index in [-0.39, 0.29) is 12.4 Å². The van der Waals surface area contributed by atoms with E-state index < -0.39 is 0 Å². The maximum atomic E-state index is 12.4. The van der Waals surface area contributed by atoms with Crippen LogP contribution in [0.4, 0.5) is 0 Å². The van der Waals surface area contributed by atoms with Gasteiger partial charge in [0, 0.05) is 25.6 Å². The molecule has 0 aromatic carbocycles. The van der Waals surface area contributed by atoms with Crippen LogP contribution in [-0.4, -0.2) is 36.5 Å². The van der Waals surface area contributed by atoms with Crippen LogP contribution in [0.2, 0.25) is 0 Å². The summed E-state index contributed by atoms with van der Waals surface area (Å²) in [5.41, 5.74) is 0. The van der Waals surface area contributed by atoms with E-state index >= 15 is 0 Å². The van der Waals surface area contributed by atoms with E-state index in [1.807, 2.05) is 0 Å². The molecule has 19 heavy (non-hydrogen) atoms. The Kier molecular flexibility index (Phi) is 5.52. The maximum absolute atomic E-state index is 12.4. The van der Waals surface area contributed by atoms with Crippen LogP contribution in [0.1, 0.15) is 51.4 Å². The Labute approximate surface area is 122 Å². The number of hydrogen-bond donors (Lipinski definition) is 1. The Hall–Kier alpha value is -0.280. The Morgan fingerprint density at radius 1 is 1.11 bits per heavy atom. The number of amides is 1. The normalized spacial score (nSPS) is 31.7. The van der Waals surface area contributed by atoms with Gasteiger partial charge >= 0.3 is 0 Å². The van der Waals surface area contributed by atoms with Crippen molar-refractivity contribution >= 4 is 18.3 Å². The zero-order valence-electron chi connectivity index (χ0n) is 11.8. The third-order valence-corrected chi connectivity index (χ3v) is 5.20. The molecule has 1 amide bonds. The first-order valence-electron chi connectivity index (χ1n) is 7.84. The maximum Gasteiger partial charge on any atom is 0.222 e. The van der Waals surface area contributed by atoms with Crippen LogP contribution >= 0.6 is 12.4 Å². The van der Waals surface area contributed by atoms with Gasteiger partial charge < -0.3 is 10.2 Å². The van der Waals surface area contributed by atoms with Crippen molar-refractivity contribution in [2.24, 2.45) is 11.8 Å². The second-order valence-electron chi connectivity index (χ2n) is 6.45. The lowest BCUT2D eigenvalue weighted by atomic mass is 9.86. The van der Waals surface area contributed by atoms with E-state index in [9.17, 15) is 4.79 Å². The molecule has 3 rings (SSSR count). The quantitative estimate of drug-likeness (QED) is 0.846. The molecule has 0 spiro atoms. The number of likely N-dealkylation sites (tertiary alicyclic amines) is 1. The summed E-state index contributed by atoms with van der Waals surface area (Å²) in [6.07, 6.45) is 9.88. The third-order valence-electron chi connectivity index (χ3n) is 5.20. The van der Waals surface area contributed by atoms with Gasteiger partial charge in [0.05, 0.1) is 0 Å². The van der Waals surface area contributed by atoms with E-state index in [2.05, 4.69) is 10.2 Å². The van der Waals surface area contributed by atoms with Crippen molar-refractivity contribution in [1.29, 1.82) is 0 Å². The smallest absolute Gasteiger partial charge is 0.222 e. The summed E-state index contributed by atoms with van der Waals surface area (Å²) in [7, 11) is 0. The molecule has 4 heteroatoms. The van der Waals surface area contributed by atoms with Gasteiger partial charge in [-0.2, -0.15) is 0 Å². The molecule has 0 aromatic rings. The first-order chi connectivity index (χ1) is 8.83. The molecule has 2 aliphatic heterocycles. The molecule has 2 atom stereocenters. The summed E-state index contributed by atoms with van der Waals surface area (Å²) >= 11 is 0. The van der Waals surface area contributed by atoms with E-state index in [1.165, 1.54) is 44.9 Å². The van der Waals surface area contributed by atoms with Crippen molar-refractivity contribution in [2.45, 2.75) is 57.4 Å². The van der Waals surface area contributed by atoms with Crippen molar-refractivity contribution in [2.75, 3.05) is 19.6 Å². The topological polar surface area (TPSA) is 32.3 Å². The van der Waals surface area contributed by atoms with Crippen LogP contribution in [0, 0.1) is 11.8 Å². The van der Waals surface area contributed by atoms with Gasteiger partial charge in [-0.1, -0.05) is 19.3 Å². The molecule has 2 heterocycles. The Morgan fingerprint density at radius 2 is 1.89 bits per heavy atom. The number of carbonyl (C=O) groups excluding carboxylic acids is 1. The molecule has 0 radical (unpaired) electrons. The average Bonchev–Trinajstić information content (AvgIpc) is 2.87. The summed E-state index contributed by atoms with van der Waals surface area (Å²) in [6, 6.07) is 0.698. The van der Waals surface area contributed by atoms with Crippen molar-refractivity contribution in [1.82, 2.24) is 10.2 Å². The van der Waals surface area contributed by atoms with E-state index in [0.717, 1.165) is 32.0 Å². The lowest BCUT2D eigenvalue weighted by molar-refractivity contribution is -0.134. The molecule has 1 aliphatic carbocycles. The highest BCUT2D eigenvalue weighted by atomic mass is 35.5. The van der Waals surface area contributed by atoms with Gasteiger partial charge in [-0.15, -0.1) is 12.4 Å².